The highest BCUT2D eigenvalue weighted by molar-refractivity contribution is 6.06. The summed E-state index contributed by atoms with van der Waals surface area (Å²) < 4.78 is 15.8. The Balaban J connectivity index is 1.77. The highest BCUT2D eigenvalue weighted by atomic mass is 16.5. The van der Waals surface area contributed by atoms with Gasteiger partial charge in [0.1, 0.15) is 12.3 Å². The minimum atomic E-state index is -0.446. The minimum Gasteiger partial charge on any atom is -0.493 e. The zero-order chi connectivity index (χ0) is 17.8. The van der Waals surface area contributed by atoms with Crippen molar-refractivity contribution >= 4 is 17.6 Å². The molecule has 136 valence electrons. The Kier molecular flexibility index (Phi) is 5.46. The molecule has 6 nitrogen and oxygen atoms in total. The number of rotatable bonds is 6. The first-order chi connectivity index (χ1) is 12.1. The average Bonchev–Trinajstić information content (AvgIpc) is 3.01. The molecule has 25 heavy (non-hydrogen) atoms. The number of carbonyl (C=O) groups excluding carboxylic acids is 2. The first-order valence-corrected chi connectivity index (χ1v) is 8.88. The maximum Gasteiger partial charge on any atom is 0.341 e. The van der Waals surface area contributed by atoms with Crippen LogP contribution in [0.25, 0.3) is 0 Å². The lowest BCUT2D eigenvalue weighted by atomic mass is 9.86. The molecule has 1 aliphatic heterocycles. The van der Waals surface area contributed by atoms with E-state index in [0.29, 0.717) is 40.7 Å². The van der Waals surface area contributed by atoms with E-state index < -0.39 is 5.97 Å². The fourth-order valence-corrected chi connectivity index (χ4v) is 3.74. The van der Waals surface area contributed by atoms with Gasteiger partial charge < -0.3 is 19.5 Å². The Morgan fingerprint density at radius 2 is 2.00 bits per heavy atom. The molecule has 3 rings (SSSR count). The zero-order valence-corrected chi connectivity index (χ0v) is 14.9. The summed E-state index contributed by atoms with van der Waals surface area (Å²) in [6, 6.07) is 1.72. The molecule has 1 aromatic carbocycles. The van der Waals surface area contributed by atoms with Crippen molar-refractivity contribution in [3.05, 3.63) is 17.2 Å². The molecule has 2 aliphatic rings. The second-order valence-electron chi connectivity index (χ2n) is 6.69. The molecule has 0 unspecified atom stereocenters. The topological polar surface area (TPSA) is 73.9 Å². The van der Waals surface area contributed by atoms with Gasteiger partial charge in [-0.15, -0.1) is 0 Å². The van der Waals surface area contributed by atoms with E-state index in [4.69, 9.17) is 14.2 Å². The van der Waals surface area contributed by atoms with E-state index in [1.54, 1.807) is 6.07 Å². The Morgan fingerprint density at radius 3 is 2.68 bits per heavy atom. The summed E-state index contributed by atoms with van der Waals surface area (Å²) in [7, 11) is 3.01. The molecule has 1 N–H and O–H groups in total. The number of benzene rings is 1. The van der Waals surface area contributed by atoms with Gasteiger partial charge in [-0.3, -0.25) is 4.79 Å². The van der Waals surface area contributed by atoms with Crippen molar-refractivity contribution in [3.8, 4) is 11.5 Å². The standard InChI is InChI=1S/C19H25NO5/c1-23-14-10-13-11-25-19(22)16(13)17(18(14)24-2)20-15(21)9-8-12-6-4-3-5-7-12/h10,12H,3-9,11H2,1-2H3,(H,20,21). The summed E-state index contributed by atoms with van der Waals surface area (Å²) in [6.07, 6.45) is 7.55. The SMILES string of the molecule is COc1cc2c(c(NC(=O)CCC3CCCCC3)c1OC)C(=O)OC2. The van der Waals surface area contributed by atoms with Gasteiger partial charge in [0, 0.05) is 12.0 Å². The third-order valence-corrected chi connectivity index (χ3v) is 5.08. The van der Waals surface area contributed by atoms with Crippen LogP contribution in [0.4, 0.5) is 5.69 Å². The summed E-state index contributed by atoms with van der Waals surface area (Å²) >= 11 is 0. The molecular formula is C19H25NO5. The lowest BCUT2D eigenvalue weighted by molar-refractivity contribution is -0.116. The number of hydrogen-bond acceptors (Lipinski definition) is 5. The van der Waals surface area contributed by atoms with E-state index in [-0.39, 0.29) is 12.5 Å². The molecule has 1 heterocycles. The molecule has 0 aromatic heterocycles. The van der Waals surface area contributed by atoms with Gasteiger partial charge in [-0.25, -0.2) is 4.79 Å². The monoisotopic (exact) mass is 347 g/mol. The minimum absolute atomic E-state index is 0.112. The highest BCUT2D eigenvalue weighted by Crippen LogP contribution is 2.43. The van der Waals surface area contributed by atoms with Gasteiger partial charge in [-0.05, 0) is 18.4 Å². The third-order valence-electron chi connectivity index (χ3n) is 5.08. The van der Waals surface area contributed by atoms with Gasteiger partial charge in [0.15, 0.2) is 11.5 Å². The van der Waals surface area contributed by atoms with Gasteiger partial charge in [-0.2, -0.15) is 0 Å². The molecule has 0 spiro atoms. The number of anilines is 1. The van der Waals surface area contributed by atoms with Crippen LogP contribution in [0.3, 0.4) is 0 Å². The van der Waals surface area contributed by atoms with E-state index in [9.17, 15) is 9.59 Å². The second-order valence-corrected chi connectivity index (χ2v) is 6.69. The number of amides is 1. The predicted octanol–water partition coefficient (Wildman–Crippen LogP) is 3.67. The molecule has 6 heteroatoms. The van der Waals surface area contributed by atoms with Crippen LogP contribution in [0.2, 0.25) is 0 Å². The molecule has 0 bridgehead atoms. The second kappa shape index (κ2) is 7.76. The van der Waals surface area contributed by atoms with Crippen molar-refractivity contribution in [2.45, 2.75) is 51.6 Å². The Hall–Kier alpha value is -2.24. The number of cyclic esters (lactones) is 1. The van der Waals surface area contributed by atoms with E-state index >= 15 is 0 Å². The number of ether oxygens (including phenoxy) is 3. The van der Waals surface area contributed by atoms with Gasteiger partial charge >= 0.3 is 5.97 Å². The molecule has 1 fully saturated rings. The number of carbonyl (C=O) groups is 2. The number of fused-ring (bicyclic) bond motifs is 1. The predicted molar refractivity (Wildman–Crippen MR) is 93.1 cm³/mol. The van der Waals surface area contributed by atoms with Crippen LogP contribution < -0.4 is 14.8 Å². The van der Waals surface area contributed by atoms with E-state index in [1.807, 2.05) is 0 Å². The van der Waals surface area contributed by atoms with Crippen LogP contribution in [0.5, 0.6) is 11.5 Å². The largest absolute Gasteiger partial charge is 0.493 e. The number of esters is 1. The first-order valence-electron chi connectivity index (χ1n) is 8.88. The smallest absolute Gasteiger partial charge is 0.341 e. The lowest BCUT2D eigenvalue weighted by Crippen LogP contribution is -2.17. The molecule has 1 amide bonds. The van der Waals surface area contributed by atoms with Crippen LogP contribution in [0.15, 0.2) is 6.07 Å². The molecule has 0 saturated heterocycles. The molecule has 1 saturated carbocycles. The Bertz CT molecular complexity index is 664. The van der Waals surface area contributed by atoms with Crippen molar-refractivity contribution < 1.29 is 23.8 Å². The first kappa shape index (κ1) is 17.6. The molecule has 1 aliphatic carbocycles. The van der Waals surface area contributed by atoms with Gasteiger partial charge in [0.2, 0.25) is 5.91 Å². The van der Waals surface area contributed by atoms with Crippen LogP contribution >= 0.6 is 0 Å². The fourth-order valence-electron chi connectivity index (χ4n) is 3.74. The summed E-state index contributed by atoms with van der Waals surface area (Å²) in [5.74, 6) is 0.896. The maximum absolute atomic E-state index is 12.5. The van der Waals surface area contributed by atoms with Gasteiger partial charge in [0.05, 0.1) is 19.8 Å². The van der Waals surface area contributed by atoms with E-state index in [2.05, 4.69) is 5.32 Å². The fraction of sp³-hybridized carbons (Fsp3) is 0.579. The van der Waals surface area contributed by atoms with Crippen molar-refractivity contribution in [2.75, 3.05) is 19.5 Å². The molecule has 0 atom stereocenters. The highest BCUT2D eigenvalue weighted by Gasteiger charge is 2.31. The molecule has 0 radical (unpaired) electrons. The van der Waals surface area contributed by atoms with E-state index in [1.165, 1.54) is 46.3 Å². The maximum atomic E-state index is 12.5. The van der Waals surface area contributed by atoms with Gasteiger partial charge in [-0.1, -0.05) is 32.1 Å². The van der Waals surface area contributed by atoms with Crippen molar-refractivity contribution in [3.63, 3.8) is 0 Å². The van der Waals surface area contributed by atoms with Crippen LogP contribution in [-0.2, 0) is 16.1 Å². The van der Waals surface area contributed by atoms with Crippen molar-refractivity contribution in [2.24, 2.45) is 5.92 Å². The average molecular weight is 347 g/mol. The lowest BCUT2D eigenvalue weighted by Gasteiger charge is -2.21. The summed E-state index contributed by atoms with van der Waals surface area (Å²) in [6.45, 7) is 0.180. The summed E-state index contributed by atoms with van der Waals surface area (Å²) in [4.78, 5) is 24.5. The van der Waals surface area contributed by atoms with Crippen LogP contribution in [0, 0.1) is 5.92 Å². The Morgan fingerprint density at radius 1 is 1.24 bits per heavy atom. The van der Waals surface area contributed by atoms with Crippen molar-refractivity contribution in [1.29, 1.82) is 0 Å². The third kappa shape index (κ3) is 3.72. The number of nitrogens with one attached hydrogen (secondary N) is 1. The number of methoxy groups -OCH3 is 2. The molecular weight excluding hydrogens is 322 g/mol. The molecule has 1 aromatic rings. The van der Waals surface area contributed by atoms with E-state index in [0.717, 1.165) is 6.42 Å². The summed E-state index contributed by atoms with van der Waals surface area (Å²) in [5.41, 5.74) is 1.42. The Labute approximate surface area is 147 Å². The number of hydrogen-bond donors (Lipinski definition) is 1. The summed E-state index contributed by atoms with van der Waals surface area (Å²) in [5, 5.41) is 2.86. The zero-order valence-electron chi connectivity index (χ0n) is 14.9. The van der Waals surface area contributed by atoms with Gasteiger partial charge in [0.25, 0.3) is 0 Å². The van der Waals surface area contributed by atoms with Crippen molar-refractivity contribution in [1.82, 2.24) is 0 Å². The van der Waals surface area contributed by atoms with Crippen LogP contribution in [-0.4, -0.2) is 26.1 Å². The van der Waals surface area contributed by atoms with Crippen LogP contribution in [0.1, 0.15) is 60.9 Å². The normalized spacial score (nSPS) is 17.0. The quantitative estimate of drug-likeness (QED) is 0.795.